The molecule has 2 aromatic rings. The normalized spacial score (nSPS) is 20.6. The minimum atomic E-state index is -2.79. The van der Waals surface area contributed by atoms with E-state index in [-0.39, 0.29) is 33.6 Å². The van der Waals surface area contributed by atoms with Gasteiger partial charge in [-0.25, -0.2) is 28.1 Å². The lowest BCUT2D eigenvalue weighted by Crippen LogP contribution is -2.12. The summed E-state index contributed by atoms with van der Waals surface area (Å²) >= 11 is 11.2. The van der Waals surface area contributed by atoms with Crippen LogP contribution in [0.5, 0.6) is 0 Å². The van der Waals surface area contributed by atoms with E-state index in [0.717, 1.165) is 0 Å². The maximum Gasteiger partial charge on any atom is 0.270 e. The molecule has 19 heavy (non-hydrogen) atoms. The van der Waals surface area contributed by atoms with Gasteiger partial charge in [-0.05, 0) is 11.6 Å². The molecule has 1 N–H and O–H groups in total. The summed E-state index contributed by atoms with van der Waals surface area (Å²) in [6.07, 6.45) is 0.902. The molecule has 2 aromatic heterocycles. The predicted octanol–water partition coefficient (Wildman–Crippen LogP) is 3.29. The minimum Gasteiger partial charge on any atom is -0.360 e. The number of hydrogen-bond donors (Lipinski definition) is 1. The Balaban J connectivity index is 2.11. The quantitative estimate of drug-likeness (QED) is 0.683. The zero-order chi connectivity index (χ0) is 13.8. The second kappa shape index (κ2) is 4.08. The Hall–Kier alpha value is -1.34. The highest BCUT2D eigenvalue weighted by Gasteiger charge is 2.57. The third-order valence-corrected chi connectivity index (χ3v) is 3.18. The van der Waals surface area contributed by atoms with E-state index in [9.17, 15) is 13.2 Å². The van der Waals surface area contributed by atoms with Crippen LogP contribution in [0.3, 0.4) is 0 Å². The number of alkyl halides is 2. The van der Waals surface area contributed by atoms with Gasteiger partial charge in [-0.15, -0.1) is 0 Å². The molecular formula is C10H5Cl2F3N4. The number of nitrogens with one attached hydrogen (secondary N) is 1. The Morgan fingerprint density at radius 3 is 2.63 bits per heavy atom. The van der Waals surface area contributed by atoms with Gasteiger partial charge in [0.25, 0.3) is 5.92 Å². The van der Waals surface area contributed by atoms with Gasteiger partial charge in [-0.1, -0.05) is 11.6 Å². The monoisotopic (exact) mass is 308 g/mol. The average Bonchev–Trinajstić information content (AvgIpc) is 2.92. The Morgan fingerprint density at radius 1 is 1.32 bits per heavy atom. The third-order valence-electron chi connectivity index (χ3n) is 2.75. The van der Waals surface area contributed by atoms with Gasteiger partial charge in [-0.2, -0.15) is 0 Å². The number of halogens is 5. The number of aromatic nitrogens is 3. The Labute approximate surface area is 115 Å². The van der Waals surface area contributed by atoms with Crippen LogP contribution in [0.25, 0.3) is 10.9 Å². The van der Waals surface area contributed by atoms with E-state index in [1.54, 1.807) is 0 Å². The maximum absolute atomic E-state index is 13.7. The van der Waals surface area contributed by atoms with Crippen LogP contribution >= 0.6 is 23.2 Å². The zero-order valence-electron chi connectivity index (χ0n) is 9.09. The topological polar surface area (TPSA) is 50.7 Å². The van der Waals surface area contributed by atoms with Gasteiger partial charge >= 0.3 is 0 Å². The van der Waals surface area contributed by atoms with Gasteiger partial charge < -0.3 is 5.32 Å². The summed E-state index contributed by atoms with van der Waals surface area (Å²) in [7, 11) is 0. The summed E-state index contributed by atoms with van der Waals surface area (Å²) in [4.78, 5) is 11.1. The van der Waals surface area contributed by atoms with Gasteiger partial charge in [0.15, 0.2) is 11.0 Å². The number of pyridine rings is 1. The van der Waals surface area contributed by atoms with Crippen molar-refractivity contribution < 1.29 is 13.2 Å². The van der Waals surface area contributed by atoms with E-state index >= 15 is 0 Å². The first-order valence-corrected chi connectivity index (χ1v) is 5.95. The van der Waals surface area contributed by atoms with E-state index in [0.29, 0.717) is 0 Å². The predicted molar refractivity (Wildman–Crippen MR) is 64.3 cm³/mol. The molecule has 0 bridgehead atoms. The van der Waals surface area contributed by atoms with Crippen molar-refractivity contribution >= 4 is 39.9 Å². The van der Waals surface area contributed by atoms with Crippen molar-refractivity contribution in [1.29, 1.82) is 0 Å². The molecule has 0 aromatic carbocycles. The van der Waals surface area contributed by atoms with E-state index in [2.05, 4.69) is 20.3 Å². The summed E-state index contributed by atoms with van der Waals surface area (Å²) in [6.45, 7) is 0. The molecule has 3 rings (SSSR count). The average molecular weight is 309 g/mol. The van der Waals surface area contributed by atoms with Crippen LogP contribution in [-0.2, 0) is 0 Å². The van der Waals surface area contributed by atoms with Crippen LogP contribution in [-0.4, -0.2) is 26.9 Å². The van der Waals surface area contributed by atoms with E-state index < -0.39 is 17.8 Å². The van der Waals surface area contributed by atoms with E-state index in [1.165, 1.54) is 6.20 Å². The summed E-state index contributed by atoms with van der Waals surface area (Å²) in [6, 6.07) is -1.04. The van der Waals surface area contributed by atoms with Crippen LogP contribution in [0, 0.1) is 5.82 Å². The van der Waals surface area contributed by atoms with E-state index in [4.69, 9.17) is 23.2 Å². The number of hydrogen-bond acceptors (Lipinski definition) is 4. The third kappa shape index (κ3) is 2.17. The van der Waals surface area contributed by atoms with Crippen molar-refractivity contribution in [2.24, 2.45) is 0 Å². The smallest absolute Gasteiger partial charge is 0.270 e. The summed E-state index contributed by atoms with van der Waals surface area (Å²) < 4.78 is 39.5. The fourth-order valence-corrected chi connectivity index (χ4v) is 1.96. The molecule has 0 amide bonds. The fourth-order valence-electron chi connectivity index (χ4n) is 1.65. The first kappa shape index (κ1) is 12.7. The maximum atomic E-state index is 13.7. The molecule has 1 fully saturated rings. The molecule has 1 saturated carbocycles. The lowest BCUT2D eigenvalue weighted by Gasteiger charge is -2.08. The van der Waals surface area contributed by atoms with Crippen LogP contribution in [0.4, 0.5) is 19.0 Å². The lowest BCUT2D eigenvalue weighted by molar-refractivity contribution is 0.115. The van der Waals surface area contributed by atoms with Crippen molar-refractivity contribution in [3.05, 3.63) is 22.5 Å². The Morgan fingerprint density at radius 2 is 2.00 bits per heavy atom. The summed E-state index contributed by atoms with van der Waals surface area (Å²) in [5, 5.41) is 2.01. The molecule has 100 valence electrons. The van der Waals surface area contributed by atoms with Crippen molar-refractivity contribution in [1.82, 2.24) is 15.0 Å². The van der Waals surface area contributed by atoms with Crippen molar-refractivity contribution in [2.75, 3.05) is 5.32 Å². The SMILES string of the molecule is Fc1c(Cl)ncc2c(NC3CC3(F)F)nc(Cl)nc12. The molecule has 2 heterocycles. The molecule has 4 nitrogen and oxygen atoms in total. The molecule has 1 atom stereocenters. The van der Waals surface area contributed by atoms with Gasteiger partial charge in [0.2, 0.25) is 5.28 Å². The van der Waals surface area contributed by atoms with Crippen molar-refractivity contribution in [2.45, 2.75) is 18.4 Å². The summed E-state index contributed by atoms with van der Waals surface area (Å²) in [5.74, 6) is -3.64. The molecule has 1 aliphatic carbocycles. The second-order valence-corrected chi connectivity index (χ2v) is 4.82. The fraction of sp³-hybridized carbons (Fsp3) is 0.300. The van der Waals surface area contributed by atoms with Gasteiger partial charge in [0.1, 0.15) is 11.3 Å². The van der Waals surface area contributed by atoms with Crippen LogP contribution in [0.2, 0.25) is 10.4 Å². The summed E-state index contributed by atoms with van der Waals surface area (Å²) in [5.41, 5.74) is -0.161. The molecule has 0 radical (unpaired) electrons. The first-order chi connectivity index (χ1) is 8.88. The highest BCUT2D eigenvalue weighted by molar-refractivity contribution is 6.30. The molecule has 1 aliphatic rings. The molecule has 0 aliphatic heterocycles. The molecule has 9 heteroatoms. The standard InChI is InChI=1S/C10H5Cl2F3N4/c11-7-5(13)6-3(2-16-7)8(19-9(12)18-6)17-4-1-10(4,14)15/h2,4H,1H2,(H,17,18,19). The highest BCUT2D eigenvalue weighted by Crippen LogP contribution is 2.44. The Kier molecular flexibility index (Phi) is 2.72. The van der Waals surface area contributed by atoms with Gasteiger partial charge in [-0.3, -0.25) is 0 Å². The van der Waals surface area contributed by atoms with Crippen molar-refractivity contribution in [3.63, 3.8) is 0 Å². The molecule has 0 saturated heterocycles. The van der Waals surface area contributed by atoms with Gasteiger partial charge in [0, 0.05) is 12.6 Å². The number of rotatable bonds is 2. The Bertz CT molecular complexity index is 679. The number of nitrogens with zero attached hydrogens (tertiary/aromatic N) is 3. The van der Waals surface area contributed by atoms with Crippen LogP contribution < -0.4 is 5.32 Å². The van der Waals surface area contributed by atoms with E-state index in [1.807, 2.05) is 0 Å². The van der Waals surface area contributed by atoms with Crippen LogP contribution in [0.15, 0.2) is 6.20 Å². The zero-order valence-corrected chi connectivity index (χ0v) is 10.6. The molecular weight excluding hydrogens is 304 g/mol. The first-order valence-electron chi connectivity index (χ1n) is 5.20. The lowest BCUT2D eigenvalue weighted by atomic mass is 10.3. The number of fused-ring (bicyclic) bond motifs is 1. The van der Waals surface area contributed by atoms with Crippen LogP contribution in [0.1, 0.15) is 6.42 Å². The highest BCUT2D eigenvalue weighted by atomic mass is 35.5. The number of anilines is 1. The second-order valence-electron chi connectivity index (χ2n) is 4.13. The van der Waals surface area contributed by atoms with Crippen molar-refractivity contribution in [3.8, 4) is 0 Å². The minimum absolute atomic E-state index is 0.0141. The van der Waals surface area contributed by atoms with Gasteiger partial charge in [0.05, 0.1) is 11.4 Å². The largest absolute Gasteiger partial charge is 0.360 e. The molecule has 0 spiro atoms. The molecule has 1 unspecified atom stereocenters.